The van der Waals surface area contributed by atoms with E-state index in [0.29, 0.717) is 43.4 Å². The van der Waals surface area contributed by atoms with E-state index in [2.05, 4.69) is 22.2 Å². The number of aliphatic hydroxyl groups excluding tert-OH is 1. The molecule has 1 saturated heterocycles. The van der Waals surface area contributed by atoms with E-state index in [1.54, 1.807) is 11.0 Å². The first kappa shape index (κ1) is 17.9. The number of halogens is 1. The van der Waals surface area contributed by atoms with Gasteiger partial charge in [-0.2, -0.15) is 0 Å². The standard InChI is InChI=1S/C18H22ClN3O3/c19-17-10-16(25-20-17)6-7-18(24)22-9-8-21(12-15(23)13-22)11-14-4-2-1-3-5-14/h1-5,10,15,23H,6-9,11-13H2. The van der Waals surface area contributed by atoms with Crippen LogP contribution in [0.5, 0.6) is 0 Å². The minimum atomic E-state index is -0.546. The van der Waals surface area contributed by atoms with Crippen LogP contribution >= 0.6 is 11.6 Å². The van der Waals surface area contributed by atoms with Gasteiger partial charge in [0.05, 0.1) is 6.10 Å². The molecule has 7 heteroatoms. The number of aryl methyl sites for hydroxylation is 1. The van der Waals surface area contributed by atoms with Gasteiger partial charge >= 0.3 is 0 Å². The lowest BCUT2D eigenvalue weighted by molar-refractivity contribution is -0.132. The van der Waals surface area contributed by atoms with Crippen LogP contribution in [0.15, 0.2) is 40.9 Å². The van der Waals surface area contributed by atoms with Gasteiger partial charge in [-0.3, -0.25) is 9.69 Å². The number of carbonyl (C=O) groups is 1. The van der Waals surface area contributed by atoms with Gasteiger partial charge in [0.1, 0.15) is 5.76 Å². The zero-order valence-corrected chi connectivity index (χ0v) is 14.7. The predicted octanol–water partition coefficient (Wildman–Crippen LogP) is 1.97. The first-order valence-electron chi connectivity index (χ1n) is 8.43. The maximum atomic E-state index is 12.4. The van der Waals surface area contributed by atoms with Gasteiger partial charge in [0.25, 0.3) is 0 Å². The quantitative estimate of drug-likeness (QED) is 0.879. The molecule has 2 aromatic rings. The zero-order valence-electron chi connectivity index (χ0n) is 14.0. The molecule has 1 aliphatic rings. The Morgan fingerprint density at radius 2 is 2.08 bits per heavy atom. The highest BCUT2D eigenvalue weighted by molar-refractivity contribution is 6.29. The second-order valence-electron chi connectivity index (χ2n) is 6.33. The summed E-state index contributed by atoms with van der Waals surface area (Å²) >= 11 is 5.71. The molecular weight excluding hydrogens is 342 g/mol. The SMILES string of the molecule is O=C(CCc1cc(Cl)no1)N1CCN(Cc2ccccc2)CC(O)C1. The van der Waals surface area contributed by atoms with Crippen molar-refractivity contribution < 1.29 is 14.4 Å². The molecule has 0 aliphatic carbocycles. The number of amides is 1. The molecule has 134 valence electrons. The fourth-order valence-corrected chi connectivity index (χ4v) is 3.22. The van der Waals surface area contributed by atoms with E-state index >= 15 is 0 Å². The predicted molar refractivity (Wildman–Crippen MR) is 94.1 cm³/mol. The van der Waals surface area contributed by atoms with Crippen molar-refractivity contribution in [2.45, 2.75) is 25.5 Å². The Balaban J connectivity index is 1.52. The largest absolute Gasteiger partial charge is 0.390 e. The van der Waals surface area contributed by atoms with E-state index in [9.17, 15) is 9.90 Å². The number of β-amino-alcohol motifs (C(OH)–C–C–N with tert-alkyl or cyclic N) is 1. The van der Waals surface area contributed by atoms with E-state index < -0.39 is 6.10 Å². The summed E-state index contributed by atoms with van der Waals surface area (Å²) < 4.78 is 5.02. The molecule has 6 nitrogen and oxygen atoms in total. The Hall–Kier alpha value is -1.89. The summed E-state index contributed by atoms with van der Waals surface area (Å²) in [5.41, 5.74) is 1.21. The molecule has 1 N–H and O–H groups in total. The lowest BCUT2D eigenvalue weighted by Gasteiger charge is -2.21. The summed E-state index contributed by atoms with van der Waals surface area (Å²) in [7, 11) is 0. The van der Waals surface area contributed by atoms with Crippen molar-refractivity contribution in [1.82, 2.24) is 15.0 Å². The van der Waals surface area contributed by atoms with Crippen molar-refractivity contribution in [2.75, 3.05) is 26.2 Å². The fraction of sp³-hybridized carbons (Fsp3) is 0.444. The van der Waals surface area contributed by atoms with Crippen molar-refractivity contribution in [1.29, 1.82) is 0 Å². The number of carbonyl (C=O) groups excluding carboxylic acids is 1. The normalized spacial score (nSPS) is 19.0. The van der Waals surface area contributed by atoms with Gasteiger partial charge in [-0.15, -0.1) is 0 Å². The number of aromatic nitrogens is 1. The Morgan fingerprint density at radius 1 is 1.28 bits per heavy atom. The molecule has 1 aromatic heterocycles. The Labute approximate surface area is 152 Å². The van der Waals surface area contributed by atoms with Gasteiger partial charge in [-0.05, 0) is 5.56 Å². The number of rotatable bonds is 5. The summed E-state index contributed by atoms with van der Waals surface area (Å²) in [6, 6.07) is 11.8. The summed E-state index contributed by atoms with van der Waals surface area (Å²) in [4.78, 5) is 16.4. The highest BCUT2D eigenvalue weighted by atomic mass is 35.5. The van der Waals surface area contributed by atoms with Crippen molar-refractivity contribution >= 4 is 17.5 Å². The van der Waals surface area contributed by atoms with Gasteiger partial charge < -0.3 is 14.5 Å². The molecule has 1 aromatic carbocycles. The first-order chi connectivity index (χ1) is 12.1. The molecule has 3 rings (SSSR count). The Kier molecular flexibility index (Phi) is 6.07. The van der Waals surface area contributed by atoms with Crippen molar-refractivity contribution in [3.8, 4) is 0 Å². The fourth-order valence-electron chi connectivity index (χ4n) is 3.06. The molecule has 0 saturated carbocycles. The number of hydrogen-bond acceptors (Lipinski definition) is 5. The molecule has 1 amide bonds. The molecule has 0 bridgehead atoms. The number of hydrogen-bond donors (Lipinski definition) is 1. The van der Waals surface area contributed by atoms with Gasteiger partial charge in [0, 0.05) is 51.6 Å². The maximum Gasteiger partial charge on any atom is 0.223 e. The van der Waals surface area contributed by atoms with E-state index in [1.807, 2.05) is 18.2 Å². The monoisotopic (exact) mass is 363 g/mol. The van der Waals surface area contributed by atoms with Crippen LogP contribution in [-0.2, 0) is 17.8 Å². The Bertz CT molecular complexity index is 692. The molecule has 0 radical (unpaired) electrons. The molecule has 0 spiro atoms. The van der Waals surface area contributed by atoms with Gasteiger partial charge in [-0.25, -0.2) is 0 Å². The number of nitrogens with zero attached hydrogens (tertiary/aromatic N) is 3. The highest BCUT2D eigenvalue weighted by Crippen LogP contribution is 2.13. The lowest BCUT2D eigenvalue weighted by atomic mass is 10.2. The molecule has 2 heterocycles. The van der Waals surface area contributed by atoms with Gasteiger partial charge in [0.15, 0.2) is 5.15 Å². The Morgan fingerprint density at radius 3 is 2.80 bits per heavy atom. The van der Waals surface area contributed by atoms with Crippen molar-refractivity contribution in [3.63, 3.8) is 0 Å². The van der Waals surface area contributed by atoms with Crippen LogP contribution in [0.25, 0.3) is 0 Å². The van der Waals surface area contributed by atoms with Crippen LogP contribution in [-0.4, -0.2) is 58.3 Å². The summed E-state index contributed by atoms with van der Waals surface area (Å²) in [5, 5.41) is 14.2. The van der Waals surface area contributed by atoms with Crippen LogP contribution < -0.4 is 0 Å². The summed E-state index contributed by atoms with van der Waals surface area (Å²) in [5.74, 6) is 0.604. The molecule has 1 atom stereocenters. The van der Waals surface area contributed by atoms with Crippen molar-refractivity contribution in [2.24, 2.45) is 0 Å². The lowest BCUT2D eigenvalue weighted by Crippen LogP contribution is -2.37. The maximum absolute atomic E-state index is 12.4. The average Bonchev–Trinajstić information content (AvgIpc) is 2.93. The average molecular weight is 364 g/mol. The molecular formula is C18H22ClN3O3. The summed E-state index contributed by atoms with van der Waals surface area (Å²) in [6.07, 6.45) is 0.227. The van der Waals surface area contributed by atoms with Crippen molar-refractivity contribution in [3.05, 3.63) is 52.9 Å². The molecule has 1 aliphatic heterocycles. The zero-order chi connectivity index (χ0) is 17.6. The van der Waals surface area contributed by atoms with Crippen LogP contribution in [0.3, 0.4) is 0 Å². The minimum Gasteiger partial charge on any atom is -0.390 e. The second kappa shape index (κ2) is 8.47. The molecule has 1 unspecified atom stereocenters. The second-order valence-corrected chi connectivity index (χ2v) is 6.72. The minimum absolute atomic E-state index is 0.00753. The summed E-state index contributed by atoms with van der Waals surface area (Å²) in [6.45, 7) is 3.06. The van der Waals surface area contributed by atoms with Crippen LogP contribution in [0.4, 0.5) is 0 Å². The third-order valence-corrected chi connectivity index (χ3v) is 4.48. The smallest absolute Gasteiger partial charge is 0.223 e. The highest BCUT2D eigenvalue weighted by Gasteiger charge is 2.24. The third kappa shape index (κ3) is 5.29. The molecule has 25 heavy (non-hydrogen) atoms. The number of benzene rings is 1. The van der Waals surface area contributed by atoms with Gasteiger partial charge in [-0.1, -0.05) is 47.1 Å². The first-order valence-corrected chi connectivity index (χ1v) is 8.81. The van der Waals surface area contributed by atoms with Gasteiger partial charge in [0.2, 0.25) is 5.91 Å². The number of aliphatic hydroxyl groups is 1. The molecule has 1 fully saturated rings. The third-order valence-electron chi connectivity index (χ3n) is 4.30. The topological polar surface area (TPSA) is 69.8 Å². The van der Waals surface area contributed by atoms with E-state index in [4.69, 9.17) is 16.1 Å². The van der Waals surface area contributed by atoms with E-state index in [0.717, 1.165) is 13.1 Å². The van der Waals surface area contributed by atoms with Crippen LogP contribution in [0, 0.1) is 0 Å². The van der Waals surface area contributed by atoms with E-state index in [1.165, 1.54) is 5.56 Å². The van der Waals surface area contributed by atoms with E-state index in [-0.39, 0.29) is 5.91 Å². The van der Waals surface area contributed by atoms with Crippen LogP contribution in [0.1, 0.15) is 17.7 Å². The van der Waals surface area contributed by atoms with Crippen LogP contribution in [0.2, 0.25) is 5.15 Å².